The molecule has 2 rings (SSSR count). The average molecular weight is 262 g/mol. The minimum absolute atomic E-state index is 0.465. The van der Waals surface area contributed by atoms with E-state index in [9.17, 15) is 4.39 Å². The lowest BCUT2D eigenvalue weighted by Crippen LogP contribution is -2.11. The van der Waals surface area contributed by atoms with Crippen LogP contribution in [0.2, 0.25) is 0 Å². The lowest BCUT2D eigenvalue weighted by molar-refractivity contribution is 0.417. The topological polar surface area (TPSA) is 34.1 Å². The molecule has 1 heterocycles. The third-order valence-corrected chi connectivity index (χ3v) is 2.68. The van der Waals surface area contributed by atoms with Crippen LogP contribution in [-0.4, -0.2) is 17.1 Å². The average Bonchev–Trinajstić information content (AvgIpc) is 2.40. The summed E-state index contributed by atoms with van der Waals surface area (Å²) >= 11 is 5.22. The monoisotopic (exact) mass is 262 g/mol. The molecule has 1 N–H and O–H groups in total. The second-order valence-electron chi connectivity index (χ2n) is 3.52. The molecule has 5 heteroatoms. The Bertz CT molecular complexity index is 557. The highest BCUT2D eigenvalue weighted by atomic mass is 32.1. The summed E-state index contributed by atoms with van der Waals surface area (Å²) in [6, 6.07) is 10.3. The number of thiocarbonyl (C=S) groups is 1. The third kappa shape index (κ3) is 2.81. The summed E-state index contributed by atoms with van der Waals surface area (Å²) < 4.78 is 17.9. The number of halogens is 1. The van der Waals surface area contributed by atoms with Crippen molar-refractivity contribution in [2.24, 2.45) is 0 Å². The Hall–Kier alpha value is -2.01. The van der Waals surface area contributed by atoms with E-state index >= 15 is 0 Å². The molecule has 92 valence electrons. The Balaban J connectivity index is 2.18. The van der Waals surface area contributed by atoms with Gasteiger partial charge in [0.2, 0.25) is 5.95 Å². The number of nitrogens with zero attached hydrogens (tertiary/aromatic N) is 1. The van der Waals surface area contributed by atoms with Crippen LogP contribution in [-0.2, 0) is 0 Å². The number of para-hydroxylation sites is 2. The SMILES string of the molecule is COc1ccccc1NC(=S)c1ccc(F)nc1. The Morgan fingerprint density at radius 1 is 1.28 bits per heavy atom. The standard InChI is InChI=1S/C13H11FN2OS/c1-17-11-5-3-2-4-10(11)16-13(18)9-6-7-12(14)15-8-9/h2-8H,1H3,(H,16,18). The smallest absolute Gasteiger partial charge is 0.212 e. The van der Waals surface area contributed by atoms with E-state index in [0.29, 0.717) is 16.3 Å². The predicted octanol–water partition coefficient (Wildman–Crippen LogP) is 3.02. The molecule has 0 spiro atoms. The minimum atomic E-state index is -0.529. The number of pyridine rings is 1. The predicted molar refractivity (Wildman–Crippen MR) is 72.5 cm³/mol. The van der Waals surface area contributed by atoms with Crippen molar-refractivity contribution in [1.29, 1.82) is 0 Å². The zero-order chi connectivity index (χ0) is 13.0. The molecule has 0 bridgehead atoms. The molecular formula is C13H11FN2OS. The normalized spacial score (nSPS) is 9.89. The molecule has 1 aromatic heterocycles. The summed E-state index contributed by atoms with van der Waals surface area (Å²) in [7, 11) is 1.59. The summed E-state index contributed by atoms with van der Waals surface area (Å²) in [6.07, 6.45) is 1.39. The quantitative estimate of drug-likeness (QED) is 0.681. The molecule has 0 atom stereocenters. The van der Waals surface area contributed by atoms with Crippen molar-refractivity contribution in [3.05, 3.63) is 54.1 Å². The van der Waals surface area contributed by atoms with Crippen LogP contribution in [0.1, 0.15) is 5.56 Å². The van der Waals surface area contributed by atoms with E-state index in [0.717, 1.165) is 5.69 Å². The Morgan fingerprint density at radius 3 is 2.72 bits per heavy atom. The largest absolute Gasteiger partial charge is 0.495 e. The zero-order valence-corrected chi connectivity index (χ0v) is 10.5. The number of aromatic nitrogens is 1. The Labute approximate surface area is 110 Å². The van der Waals surface area contributed by atoms with Gasteiger partial charge in [0.05, 0.1) is 12.8 Å². The van der Waals surface area contributed by atoms with Crippen LogP contribution in [0.3, 0.4) is 0 Å². The second kappa shape index (κ2) is 5.55. The lowest BCUT2D eigenvalue weighted by Gasteiger charge is -2.11. The van der Waals surface area contributed by atoms with E-state index in [-0.39, 0.29) is 0 Å². The molecule has 0 amide bonds. The van der Waals surface area contributed by atoms with Gasteiger partial charge in [-0.1, -0.05) is 24.4 Å². The van der Waals surface area contributed by atoms with Gasteiger partial charge in [0, 0.05) is 11.8 Å². The first-order valence-electron chi connectivity index (χ1n) is 5.26. The second-order valence-corrected chi connectivity index (χ2v) is 3.93. The molecule has 0 aliphatic carbocycles. The van der Waals surface area contributed by atoms with Gasteiger partial charge in [-0.15, -0.1) is 0 Å². The van der Waals surface area contributed by atoms with Gasteiger partial charge in [0.15, 0.2) is 0 Å². The third-order valence-electron chi connectivity index (χ3n) is 2.34. The molecule has 0 aliphatic rings. The van der Waals surface area contributed by atoms with E-state index in [1.165, 1.54) is 12.3 Å². The number of ether oxygens (including phenoxy) is 1. The van der Waals surface area contributed by atoms with Crippen LogP contribution in [0, 0.1) is 5.95 Å². The van der Waals surface area contributed by atoms with Gasteiger partial charge in [0.25, 0.3) is 0 Å². The number of hydrogen-bond acceptors (Lipinski definition) is 3. The Morgan fingerprint density at radius 2 is 2.06 bits per heavy atom. The zero-order valence-electron chi connectivity index (χ0n) is 9.68. The minimum Gasteiger partial charge on any atom is -0.495 e. The molecule has 0 saturated carbocycles. The van der Waals surface area contributed by atoms with Gasteiger partial charge in [-0.3, -0.25) is 0 Å². The molecule has 0 saturated heterocycles. The van der Waals surface area contributed by atoms with Crippen LogP contribution in [0.4, 0.5) is 10.1 Å². The fourth-order valence-corrected chi connectivity index (χ4v) is 1.68. The molecule has 0 fully saturated rings. The van der Waals surface area contributed by atoms with Gasteiger partial charge in [0.1, 0.15) is 10.7 Å². The number of methoxy groups -OCH3 is 1. The van der Waals surface area contributed by atoms with E-state index in [1.54, 1.807) is 13.2 Å². The molecular weight excluding hydrogens is 251 g/mol. The summed E-state index contributed by atoms with van der Waals surface area (Å²) in [5.74, 6) is 0.161. The van der Waals surface area contributed by atoms with Gasteiger partial charge >= 0.3 is 0 Å². The van der Waals surface area contributed by atoms with Crippen molar-refractivity contribution >= 4 is 22.9 Å². The molecule has 3 nitrogen and oxygen atoms in total. The van der Waals surface area contributed by atoms with Crippen LogP contribution >= 0.6 is 12.2 Å². The van der Waals surface area contributed by atoms with Crippen molar-refractivity contribution < 1.29 is 9.13 Å². The number of hydrogen-bond donors (Lipinski definition) is 1. The first-order chi connectivity index (χ1) is 8.70. The van der Waals surface area contributed by atoms with Crippen molar-refractivity contribution in [2.75, 3.05) is 12.4 Å². The van der Waals surface area contributed by atoms with E-state index in [1.807, 2.05) is 24.3 Å². The molecule has 1 aromatic carbocycles. The van der Waals surface area contributed by atoms with Crippen LogP contribution in [0.15, 0.2) is 42.6 Å². The maximum absolute atomic E-state index is 12.7. The first kappa shape index (κ1) is 12.4. The molecule has 18 heavy (non-hydrogen) atoms. The highest BCUT2D eigenvalue weighted by Crippen LogP contribution is 2.23. The number of nitrogens with one attached hydrogen (secondary N) is 1. The van der Waals surface area contributed by atoms with E-state index < -0.39 is 5.95 Å². The van der Waals surface area contributed by atoms with Crippen molar-refractivity contribution in [3.63, 3.8) is 0 Å². The highest BCUT2D eigenvalue weighted by molar-refractivity contribution is 7.81. The highest BCUT2D eigenvalue weighted by Gasteiger charge is 2.06. The van der Waals surface area contributed by atoms with Crippen LogP contribution < -0.4 is 10.1 Å². The number of anilines is 1. The van der Waals surface area contributed by atoms with Gasteiger partial charge in [-0.2, -0.15) is 4.39 Å². The number of rotatable bonds is 3. The van der Waals surface area contributed by atoms with Crippen LogP contribution in [0.25, 0.3) is 0 Å². The van der Waals surface area contributed by atoms with Gasteiger partial charge < -0.3 is 10.1 Å². The van der Waals surface area contributed by atoms with E-state index in [2.05, 4.69) is 10.3 Å². The summed E-state index contributed by atoms with van der Waals surface area (Å²) in [5, 5.41) is 3.04. The lowest BCUT2D eigenvalue weighted by atomic mass is 10.2. The van der Waals surface area contributed by atoms with E-state index in [4.69, 9.17) is 17.0 Å². The van der Waals surface area contributed by atoms with Crippen molar-refractivity contribution in [3.8, 4) is 5.75 Å². The summed E-state index contributed by atoms with van der Waals surface area (Å²) in [4.78, 5) is 4.02. The molecule has 0 unspecified atom stereocenters. The number of benzene rings is 1. The first-order valence-corrected chi connectivity index (χ1v) is 5.67. The van der Waals surface area contributed by atoms with Crippen molar-refractivity contribution in [1.82, 2.24) is 4.98 Å². The van der Waals surface area contributed by atoms with Crippen molar-refractivity contribution in [2.45, 2.75) is 0 Å². The molecule has 0 aliphatic heterocycles. The van der Waals surface area contributed by atoms with Gasteiger partial charge in [-0.05, 0) is 24.3 Å². The fraction of sp³-hybridized carbons (Fsp3) is 0.0769. The maximum atomic E-state index is 12.7. The summed E-state index contributed by atoms with van der Waals surface area (Å²) in [5.41, 5.74) is 1.41. The molecule has 0 radical (unpaired) electrons. The fourth-order valence-electron chi connectivity index (χ4n) is 1.45. The maximum Gasteiger partial charge on any atom is 0.212 e. The summed E-state index contributed by atoms with van der Waals surface area (Å²) in [6.45, 7) is 0. The Kier molecular flexibility index (Phi) is 3.84. The molecule has 2 aromatic rings. The van der Waals surface area contributed by atoms with Crippen LogP contribution in [0.5, 0.6) is 5.75 Å². The van der Waals surface area contributed by atoms with Gasteiger partial charge in [-0.25, -0.2) is 4.98 Å².